The van der Waals surface area contributed by atoms with Crippen LogP contribution in [0.2, 0.25) is 0 Å². The molecular weight excluding hydrogens is 322 g/mol. The second kappa shape index (κ2) is 7.93. The van der Waals surface area contributed by atoms with Crippen LogP contribution in [-0.2, 0) is 9.47 Å². The van der Waals surface area contributed by atoms with Crippen LogP contribution in [0, 0.1) is 0 Å². The molecule has 1 amide bonds. The number of hydrogen-bond acceptors (Lipinski definition) is 5. The third kappa shape index (κ3) is 4.76. The quantitative estimate of drug-likeness (QED) is 0.761. The lowest BCUT2D eigenvalue weighted by Gasteiger charge is -2.31. The number of carbonyl (C=O) groups excluding carboxylic acids is 1. The Labute approximate surface area is 146 Å². The van der Waals surface area contributed by atoms with Crippen LogP contribution >= 0.6 is 0 Å². The summed E-state index contributed by atoms with van der Waals surface area (Å²) in [5.74, 6) is 0.567. The lowest BCUT2D eigenvalue weighted by molar-refractivity contribution is -0.0457. The fourth-order valence-corrected chi connectivity index (χ4v) is 2.77. The topological polar surface area (TPSA) is 93.3 Å². The van der Waals surface area contributed by atoms with E-state index in [-0.39, 0.29) is 17.7 Å². The highest BCUT2D eigenvalue weighted by molar-refractivity contribution is 5.93. The SMILES string of the molecule is CC(C)=CCO[C@@H]1CCOC[C@@H]1NC(=O)c1cnc(C2CC2)[nH]c1=O. The van der Waals surface area contributed by atoms with Gasteiger partial charge in [-0.05, 0) is 33.1 Å². The summed E-state index contributed by atoms with van der Waals surface area (Å²) in [5.41, 5.74) is 0.812. The van der Waals surface area contributed by atoms with Crippen LogP contribution in [0.3, 0.4) is 0 Å². The molecule has 0 spiro atoms. The monoisotopic (exact) mass is 347 g/mol. The van der Waals surface area contributed by atoms with Gasteiger partial charge >= 0.3 is 0 Å². The van der Waals surface area contributed by atoms with E-state index >= 15 is 0 Å². The summed E-state index contributed by atoms with van der Waals surface area (Å²) in [6.07, 6.45) is 6.02. The first-order chi connectivity index (χ1) is 12.0. The number of aromatic nitrogens is 2. The van der Waals surface area contributed by atoms with E-state index in [2.05, 4.69) is 15.3 Å². The third-order valence-electron chi connectivity index (χ3n) is 4.44. The highest BCUT2D eigenvalue weighted by Gasteiger charge is 2.30. The van der Waals surface area contributed by atoms with E-state index in [0.29, 0.717) is 38.0 Å². The minimum Gasteiger partial charge on any atom is -0.379 e. The molecule has 1 saturated carbocycles. The van der Waals surface area contributed by atoms with Gasteiger partial charge < -0.3 is 19.8 Å². The Balaban J connectivity index is 1.63. The lowest BCUT2D eigenvalue weighted by atomic mass is 10.1. The molecule has 0 unspecified atom stereocenters. The molecule has 136 valence electrons. The summed E-state index contributed by atoms with van der Waals surface area (Å²) >= 11 is 0. The molecule has 1 aliphatic carbocycles. The maximum Gasteiger partial charge on any atom is 0.263 e. The Morgan fingerprint density at radius 1 is 1.44 bits per heavy atom. The van der Waals surface area contributed by atoms with Crippen LogP contribution in [0.5, 0.6) is 0 Å². The molecule has 2 N–H and O–H groups in total. The molecule has 0 aromatic carbocycles. The Morgan fingerprint density at radius 2 is 2.24 bits per heavy atom. The van der Waals surface area contributed by atoms with Crippen molar-refractivity contribution < 1.29 is 14.3 Å². The third-order valence-corrected chi connectivity index (χ3v) is 4.44. The first-order valence-electron chi connectivity index (χ1n) is 8.77. The number of hydrogen-bond donors (Lipinski definition) is 2. The Morgan fingerprint density at radius 3 is 2.92 bits per heavy atom. The molecule has 3 rings (SSSR count). The standard InChI is InChI=1S/C18H25N3O4/c1-11(2)5-8-25-15-6-7-24-10-14(15)20-17(22)13-9-19-16(12-3-4-12)21-18(13)23/h5,9,12,14-15H,3-4,6-8,10H2,1-2H3,(H,20,22)(H,19,21,23)/t14-,15+/m0/s1. The summed E-state index contributed by atoms with van der Waals surface area (Å²) in [6.45, 7) is 5.49. The molecule has 7 heteroatoms. The van der Waals surface area contributed by atoms with Crippen LogP contribution in [0.1, 0.15) is 55.2 Å². The number of aromatic amines is 1. The van der Waals surface area contributed by atoms with Crippen molar-refractivity contribution in [2.24, 2.45) is 0 Å². The Hall–Kier alpha value is -1.99. The van der Waals surface area contributed by atoms with E-state index in [1.165, 1.54) is 11.8 Å². The van der Waals surface area contributed by atoms with Crippen molar-refractivity contribution in [3.05, 3.63) is 39.6 Å². The second-order valence-electron chi connectivity index (χ2n) is 6.88. The highest BCUT2D eigenvalue weighted by atomic mass is 16.5. The van der Waals surface area contributed by atoms with Gasteiger partial charge in [0, 0.05) is 18.7 Å². The fraction of sp³-hybridized carbons (Fsp3) is 0.611. The summed E-state index contributed by atoms with van der Waals surface area (Å²) in [4.78, 5) is 31.6. The van der Waals surface area contributed by atoms with Crippen molar-refractivity contribution in [2.45, 2.75) is 51.2 Å². The average Bonchev–Trinajstić information content (AvgIpc) is 3.41. The molecule has 0 radical (unpaired) electrons. The molecule has 25 heavy (non-hydrogen) atoms. The van der Waals surface area contributed by atoms with Crippen molar-refractivity contribution in [1.82, 2.24) is 15.3 Å². The van der Waals surface area contributed by atoms with E-state index in [1.807, 2.05) is 19.9 Å². The minimum atomic E-state index is -0.442. The molecule has 2 fully saturated rings. The second-order valence-corrected chi connectivity index (χ2v) is 6.88. The zero-order valence-corrected chi connectivity index (χ0v) is 14.7. The van der Waals surface area contributed by atoms with Crippen molar-refractivity contribution in [3.8, 4) is 0 Å². The van der Waals surface area contributed by atoms with Crippen LogP contribution < -0.4 is 10.9 Å². The maximum atomic E-state index is 12.5. The molecule has 2 atom stereocenters. The number of amides is 1. The summed E-state index contributed by atoms with van der Waals surface area (Å²) in [7, 11) is 0. The van der Waals surface area contributed by atoms with Gasteiger partial charge in [0.15, 0.2) is 0 Å². The fourth-order valence-electron chi connectivity index (χ4n) is 2.77. The van der Waals surface area contributed by atoms with Gasteiger partial charge in [0.2, 0.25) is 0 Å². The average molecular weight is 347 g/mol. The van der Waals surface area contributed by atoms with E-state index in [9.17, 15) is 9.59 Å². The lowest BCUT2D eigenvalue weighted by Crippen LogP contribution is -2.51. The number of allylic oxidation sites excluding steroid dienone is 1. The molecule has 7 nitrogen and oxygen atoms in total. The van der Waals surface area contributed by atoms with Crippen molar-refractivity contribution in [2.75, 3.05) is 19.8 Å². The molecule has 1 aromatic rings. The molecule has 1 saturated heterocycles. The number of nitrogens with one attached hydrogen (secondary N) is 2. The van der Waals surface area contributed by atoms with Crippen LogP contribution in [0.15, 0.2) is 22.6 Å². The van der Waals surface area contributed by atoms with E-state index < -0.39 is 11.5 Å². The summed E-state index contributed by atoms with van der Waals surface area (Å²) in [5, 5.41) is 2.86. The van der Waals surface area contributed by atoms with E-state index in [1.54, 1.807) is 0 Å². The molecule has 1 aromatic heterocycles. The molecule has 2 heterocycles. The van der Waals surface area contributed by atoms with Crippen LogP contribution in [0.25, 0.3) is 0 Å². The normalized spacial score (nSPS) is 23.1. The van der Waals surface area contributed by atoms with Gasteiger partial charge in [-0.2, -0.15) is 0 Å². The van der Waals surface area contributed by atoms with Crippen molar-refractivity contribution in [3.63, 3.8) is 0 Å². The van der Waals surface area contributed by atoms with Crippen LogP contribution in [-0.4, -0.2) is 47.8 Å². The Bertz CT molecular complexity index is 705. The number of rotatable bonds is 6. The maximum absolute atomic E-state index is 12.5. The summed E-state index contributed by atoms with van der Waals surface area (Å²) in [6, 6.07) is -0.283. The molecular formula is C18H25N3O4. The number of carbonyl (C=O) groups is 1. The summed E-state index contributed by atoms with van der Waals surface area (Å²) < 4.78 is 11.3. The van der Waals surface area contributed by atoms with Gasteiger partial charge in [0.1, 0.15) is 11.4 Å². The largest absolute Gasteiger partial charge is 0.379 e. The number of H-pyrrole nitrogens is 1. The Kier molecular flexibility index (Phi) is 5.65. The van der Waals surface area contributed by atoms with Gasteiger partial charge in [0.25, 0.3) is 11.5 Å². The molecule has 2 aliphatic rings. The molecule has 1 aliphatic heterocycles. The van der Waals surface area contributed by atoms with Gasteiger partial charge in [-0.1, -0.05) is 11.6 Å². The predicted molar refractivity (Wildman–Crippen MR) is 92.7 cm³/mol. The zero-order valence-electron chi connectivity index (χ0n) is 14.7. The van der Waals surface area contributed by atoms with Crippen molar-refractivity contribution >= 4 is 5.91 Å². The van der Waals surface area contributed by atoms with E-state index in [4.69, 9.17) is 9.47 Å². The van der Waals surface area contributed by atoms with Crippen LogP contribution in [0.4, 0.5) is 0 Å². The van der Waals surface area contributed by atoms with Gasteiger partial charge in [-0.3, -0.25) is 9.59 Å². The van der Waals surface area contributed by atoms with Gasteiger partial charge in [-0.25, -0.2) is 4.98 Å². The number of nitrogens with zero attached hydrogens (tertiary/aromatic N) is 1. The first kappa shape index (κ1) is 17.8. The minimum absolute atomic E-state index is 0.0259. The van der Waals surface area contributed by atoms with Gasteiger partial charge in [-0.15, -0.1) is 0 Å². The highest BCUT2D eigenvalue weighted by Crippen LogP contribution is 2.37. The van der Waals surface area contributed by atoms with Gasteiger partial charge in [0.05, 0.1) is 25.4 Å². The first-order valence-corrected chi connectivity index (χ1v) is 8.77. The van der Waals surface area contributed by atoms with Crippen molar-refractivity contribution in [1.29, 1.82) is 0 Å². The smallest absolute Gasteiger partial charge is 0.263 e. The molecule has 0 bridgehead atoms. The van der Waals surface area contributed by atoms with E-state index in [0.717, 1.165) is 12.8 Å². The predicted octanol–water partition coefficient (Wildman–Crippen LogP) is 1.52. The number of ether oxygens (including phenoxy) is 2. The zero-order chi connectivity index (χ0) is 17.8.